The first-order valence-corrected chi connectivity index (χ1v) is 10.6. The number of hydrogen-bond donors (Lipinski definition) is 2. The van der Waals surface area contributed by atoms with Gasteiger partial charge < -0.3 is 5.32 Å². The standard InChI is InChI=1S/C26H20N6O2/c1-17-13-23(31-30-17)26(34)29-22-7-4-5-18(14-22)25(33)19-8-9-20-16-28-32(24(20)15-19)12-10-21-6-2-3-11-27-21/h2-16H,1H3,(H,29,34)(H,30,31). The van der Waals surface area contributed by atoms with Crippen molar-refractivity contribution < 1.29 is 9.59 Å². The lowest BCUT2D eigenvalue weighted by Gasteiger charge is -2.07. The van der Waals surface area contributed by atoms with Crippen molar-refractivity contribution in [2.45, 2.75) is 6.92 Å². The van der Waals surface area contributed by atoms with Crippen LogP contribution in [0.2, 0.25) is 0 Å². The minimum Gasteiger partial charge on any atom is -0.321 e. The number of carbonyl (C=O) groups is 2. The maximum Gasteiger partial charge on any atom is 0.276 e. The van der Waals surface area contributed by atoms with Gasteiger partial charge in [0.15, 0.2) is 11.5 Å². The predicted molar refractivity (Wildman–Crippen MR) is 130 cm³/mol. The molecule has 0 spiro atoms. The second kappa shape index (κ2) is 8.95. The lowest BCUT2D eigenvalue weighted by atomic mass is 10.0. The Kier molecular flexibility index (Phi) is 5.53. The average molecular weight is 448 g/mol. The van der Waals surface area contributed by atoms with E-state index in [0.717, 1.165) is 22.3 Å². The number of aryl methyl sites for hydroxylation is 1. The van der Waals surface area contributed by atoms with Crippen LogP contribution in [0, 0.1) is 6.92 Å². The van der Waals surface area contributed by atoms with Gasteiger partial charge in [-0.15, -0.1) is 0 Å². The molecule has 0 bridgehead atoms. The van der Waals surface area contributed by atoms with Crippen molar-refractivity contribution in [2.24, 2.45) is 0 Å². The molecule has 3 aromatic heterocycles. The van der Waals surface area contributed by atoms with Crippen molar-refractivity contribution in [3.63, 3.8) is 0 Å². The summed E-state index contributed by atoms with van der Waals surface area (Å²) in [7, 11) is 0. The van der Waals surface area contributed by atoms with Gasteiger partial charge in [0.1, 0.15) is 0 Å². The maximum atomic E-state index is 13.2. The Hall–Kier alpha value is -4.85. The fourth-order valence-corrected chi connectivity index (χ4v) is 3.55. The summed E-state index contributed by atoms with van der Waals surface area (Å²) in [6, 6.07) is 19.6. The van der Waals surface area contributed by atoms with Crippen LogP contribution in [0.3, 0.4) is 0 Å². The van der Waals surface area contributed by atoms with Crippen molar-refractivity contribution >= 4 is 40.6 Å². The van der Waals surface area contributed by atoms with E-state index < -0.39 is 0 Å². The molecule has 0 aliphatic carbocycles. The van der Waals surface area contributed by atoms with E-state index >= 15 is 0 Å². The summed E-state index contributed by atoms with van der Waals surface area (Å²) >= 11 is 0. The van der Waals surface area contributed by atoms with Crippen LogP contribution in [0.4, 0.5) is 5.69 Å². The molecule has 0 radical (unpaired) electrons. The van der Waals surface area contributed by atoms with E-state index in [1.165, 1.54) is 0 Å². The Balaban J connectivity index is 1.39. The van der Waals surface area contributed by atoms with Crippen LogP contribution in [0.5, 0.6) is 0 Å². The predicted octanol–water partition coefficient (Wildman–Crippen LogP) is 4.57. The summed E-state index contributed by atoms with van der Waals surface area (Å²) < 4.78 is 1.71. The zero-order valence-electron chi connectivity index (χ0n) is 18.3. The van der Waals surface area contributed by atoms with Crippen LogP contribution in [0.15, 0.2) is 79.1 Å². The Morgan fingerprint density at radius 1 is 1.00 bits per heavy atom. The van der Waals surface area contributed by atoms with Gasteiger partial charge in [-0.3, -0.25) is 19.7 Å². The molecule has 5 aromatic rings. The molecular formula is C26H20N6O2. The molecule has 2 aromatic carbocycles. The van der Waals surface area contributed by atoms with Gasteiger partial charge in [0.25, 0.3) is 5.91 Å². The van der Waals surface area contributed by atoms with Crippen molar-refractivity contribution in [2.75, 3.05) is 5.32 Å². The summed E-state index contributed by atoms with van der Waals surface area (Å²) in [5, 5.41) is 14.8. The van der Waals surface area contributed by atoms with Crippen molar-refractivity contribution in [1.29, 1.82) is 0 Å². The van der Waals surface area contributed by atoms with Crippen molar-refractivity contribution in [3.8, 4) is 0 Å². The van der Waals surface area contributed by atoms with Crippen LogP contribution < -0.4 is 5.32 Å². The van der Waals surface area contributed by atoms with E-state index in [0.29, 0.717) is 16.8 Å². The van der Waals surface area contributed by atoms with Gasteiger partial charge in [0, 0.05) is 40.3 Å². The molecule has 1 amide bonds. The SMILES string of the molecule is Cc1cc(C(=O)Nc2cccc(C(=O)c3ccc4cnn(C=Cc5ccccn5)c4c3)c2)n[nH]1. The number of ketones is 1. The minimum absolute atomic E-state index is 0.157. The number of carbonyl (C=O) groups excluding carboxylic acids is 2. The molecule has 5 rings (SSSR count). The van der Waals surface area contributed by atoms with E-state index in [4.69, 9.17) is 0 Å². The lowest BCUT2D eigenvalue weighted by molar-refractivity contribution is 0.101. The highest BCUT2D eigenvalue weighted by Crippen LogP contribution is 2.21. The summed E-state index contributed by atoms with van der Waals surface area (Å²) in [5.41, 5.74) is 4.18. The topological polar surface area (TPSA) is 106 Å². The van der Waals surface area contributed by atoms with E-state index in [9.17, 15) is 9.59 Å². The first-order valence-electron chi connectivity index (χ1n) is 10.6. The van der Waals surface area contributed by atoms with Gasteiger partial charge in [-0.2, -0.15) is 10.2 Å². The molecule has 8 heteroatoms. The van der Waals surface area contributed by atoms with Crippen LogP contribution in [0.25, 0.3) is 23.2 Å². The van der Waals surface area contributed by atoms with E-state index in [1.807, 2.05) is 49.5 Å². The highest BCUT2D eigenvalue weighted by molar-refractivity contribution is 6.11. The third-order valence-electron chi connectivity index (χ3n) is 5.26. The van der Waals surface area contributed by atoms with Crippen LogP contribution in [-0.4, -0.2) is 36.7 Å². The summed E-state index contributed by atoms with van der Waals surface area (Å²) in [6.45, 7) is 1.82. The van der Waals surface area contributed by atoms with Gasteiger partial charge in [-0.05, 0) is 49.4 Å². The molecule has 0 saturated carbocycles. The van der Waals surface area contributed by atoms with Gasteiger partial charge in [0.2, 0.25) is 0 Å². The Morgan fingerprint density at radius 3 is 2.68 bits per heavy atom. The molecule has 0 unspecified atom stereocenters. The summed E-state index contributed by atoms with van der Waals surface area (Å²) in [5.74, 6) is -0.506. The number of H-pyrrole nitrogens is 1. The first kappa shape index (κ1) is 21.0. The number of pyridine rings is 1. The van der Waals surface area contributed by atoms with Gasteiger partial charge in [-0.25, -0.2) is 4.68 Å². The number of anilines is 1. The van der Waals surface area contributed by atoms with E-state index in [1.54, 1.807) is 53.5 Å². The summed E-state index contributed by atoms with van der Waals surface area (Å²) in [4.78, 5) is 29.9. The molecule has 166 valence electrons. The highest BCUT2D eigenvalue weighted by Gasteiger charge is 2.14. The van der Waals surface area contributed by atoms with Gasteiger partial charge in [0.05, 0.1) is 17.4 Å². The number of hydrogen-bond acceptors (Lipinski definition) is 5. The number of rotatable bonds is 6. The minimum atomic E-state index is -0.348. The molecule has 0 saturated heterocycles. The molecule has 3 heterocycles. The number of fused-ring (bicyclic) bond motifs is 1. The normalized spacial score (nSPS) is 11.2. The lowest BCUT2D eigenvalue weighted by Crippen LogP contribution is -2.13. The quantitative estimate of drug-likeness (QED) is 0.370. The Bertz CT molecular complexity index is 1530. The Morgan fingerprint density at radius 2 is 1.88 bits per heavy atom. The highest BCUT2D eigenvalue weighted by atomic mass is 16.2. The third kappa shape index (κ3) is 4.37. The fourth-order valence-electron chi connectivity index (χ4n) is 3.55. The number of amides is 1. The molecule has 0 atom stereocenters. The molecular weight excluding hydrogens is 428 g/mol. The molecule has 8 nitrogen and oxygen atoms in total. The Labute approximate surface area is 195 Å². The average Bonchev–Trinajstić information content (AvgIpc) is 3.49. The first-order chi connectivity index (χ1) is 16.6. The third-order valence-corrected chi connectivity index (χ3v) is 5.26. The number of nitrogens with zero attached hydrogens (tertiary/aromatic N) is 4. The van der Waals surface area contributed by atoms with Crippen LogP contribution >= 0.6 is 0 Å². The number of nitrogens with one attached hydrogen (secondary N) is 2. The zero-order valence-corrected chi connectivity index (χ0v) is 18.3. The monoisotopic (exact) mass is 448 g/mol. The van der Waals surface area contributed by atoms with Crippen molar-refractivity contribution in [1.82, 2.24) is 25.0 Å². The second-order valence-electron chi connectivity index (χ2n) is 7.73. The maximum absolute atomic E-state index is 13.2. The fraction of sp³-hybridized carbons (Fsp3) is 0.0385. The summed E-state index contributed by atoms with van der Waals surface area (Å²) in [6.07, 6.45) is 7.14. The second-order valence-corrected chi connectivity index (χ2v) is 7.73. The molecule has 2 N–H and O–H groups in total. The van der Waals surface area contributed by atoms with Crippen molar-refractivity contribution in [3.05, 3.63) is 107 Å². The van der Waals surface area contributed by atoms with Gasteiger partial charge >= 0.3 is 0 Å². The molecule has 0 fully saturated rings. The number of aromatic amines is 1. The van der Waals surface area contributed by atoms with Gasteiger partial charge in [-0.1, -0.05) is 30.3 Å². The smallest absolute Gasteiger partial charge is 0.276 e. The number of benzene rings is 2. The molecule has 0 aliphatic heterocycles. The largest absolute Gasteiger partial charge is 0.321 e. The van der Waals surface area contributed by atoms with E-state index in [2.05, 4.69) is 25.6 Å². The van der Waals surface area contributed by atoms with Crippen LogP contribution in [-0.2, 0) is 0 Å². The number of aromatic nitrogens is 5. The molecule has 0 aliphatic rings. The molecule has 34 heavy (non-hydrogen) atoms. The van der Waals surface area contributed by atoms with Crippen LogP contribution in [0.1, 0.15) is 37.8 Å². The zero-order chi connectivity index (χ0) is 23.5. The van der Waals surface area contributed by atoms with E-state index in [-0.39, 0.29) is 17.4 Å².